The fourth-order valence-corrected chi connectivity index (χ4v) is 3.56. The predicted molar refractivity (Wildman–Crippen MR) is 90.4 cm³/mol. The van der Waals surface area contributed by atoms with Gasteiger partial charge in [-0.15, -0.1) is 0 Å². The molecule has 1 N–H and O–H groups in total. The SMILES string of the molecule is O=S(=O)(N/N=C1\CCc2ccccc2C1)c1ccc(Br)cc1. The van der Waals surface area contributed by atoms with E-state index in [1.54, 1.807) is 24.3 Å². The smallest absolute Gasteiger partial charge is 0.200 e. The first-order valence-corrected chi connectivity index (χ1v) is 9.22. The first-order valence-electron chi connectivity index (χ1n) is 6.94. The Balaban J connectivity index is 1.76. The van der Waals surface area contributed by atoms with Crippen molar-refractivity contribution in [2.45, 2.75) is 24.2 Å². The molecule has 0 unspecified atom stereocenters. The number of hydrazone groups is 1. The van der Waals surface area contributed by atoms with Gasteiger partial charge in [0.2, 0.25) is 0 Å². The maximum absolute atomic E-state index is 12.2. The maximum atomic E-state index is 12.2. The lowest BCUT2D eigenvalue weighted by Gasteiger charge is -2.17. The monoisotopic (exact) mass is 378 g/mol. The Morgan fingerprint density at radius 2 is 1.64 bits per heavy atom. The van der Waals surface area contributed by atoms with Gasteiger partial charge in [0.25, 0.3) is 10.0 Å². The number of halogens is 1. The highest BCUT2D eigenvalue weighted by Gasteiger charge is 2.16. The van der Waals surface area contributed by atoms with Crippen molar-refractivity contribution in [2.24, 2.45) is 5.10 Å². The van der Waals surface area contributed by atoms with Crippen LogP contribution in [0.4, 0.5) is 0 Å². The summed E-state index contributed by atoms with van der Waals surface area (Å²) in [5.74, 6) is 0. The molecule has 0 aliphatic heterocycles. The molecule has 1 aliphatic rings. The van der Waals surface area contributed by atoms with Crippen molar-refractivity contribution in [3.63, 3.8) is 0 Å². The van der Waals surface area contributed by atoms with Gasteiger partial charge in [-0.05, 0) is 48.2 Å². The van der Waals surface area contributed by atoms with Crippen LogP contribution in [-0.2, 0) is 22.9 Å². The summed E-state index contributed by atoms with van der Waals surface area (Å²) in [6, 6.07) is 14.7. The molecule has 0 saturated carbocycles. The molecule has 0 saturated heterocycles. The summed E-state index contributed by atoms with van der Waals surface area (Å²) in [7, 11) is -3.61. The number of sulfonamides is 1. The molecule has 0 fully saturated rings. The van der Waals surface area contributed by atoms with Gasteiger partial charge in [0.1, 0.15) is 0 Å². The van der Waals surface area contributed by atoms with E-state index in [4.69, 9.17) is 0 Å². The fourth-order valence-electron chi connectivity index (χ4n) is 2.45. The highest BCUT2D eigenvalue weighted by molar-refractivity contribution is 9.10. The third kappa shape index (κ3) is 3.39. The largest absolute Gasteiger partial charge is 0.276 e. The molecule has 114 valence electrons. The molecular weight excluding hydrogens is 364 g/mol. The van der Waals surface area contributed by atoms with Gasteiger partial charge in [-0.1, -0.05) is 40.2 Å². The highest BCUT2D eigenvalue weighted by atomic mass is 79.9. The van der Waals surface area contributed by atoms with Gasteiger partial charge < -0.3 is 0 Å². The van der Waals surface area contributed by atoms with Crippen molar-refractivity contribution in [1.82, 2.24) is 4.83 Å². The zero-order chi connectivity index (χ0) is 15.6. The normalized spacial score (nSPS) is 16.3. The van der Waals surface area contributed by atoms with Crippen molar-refractivity contribution in [3.8, 4) is 0 Å². The lowest BCUT2D eigenvalue weighted by molar-refractivity contribution is 0.584. The topological polar surface area (TPSA) is 58.5 Å². The molecule has 0 spiro atoms. The lowest BCUT2D eigenvalue weighted by atomic mass is 9.90. The third-order valence-electron chi connectivity index (χ3n) is 3.64. The van der Waals surface area contributed by atoms with Gasteiger partial charge in [0, 0.05) is 16.6 Å². The first-order chi connectivity index (χ1) is 10.5. The molecule has 0 aromatic heterocycles. The number of nitrogens with one attached hydrogen (secondary N) is 1. The zero-order valence-corrected chi connectivity index (χ0v) is 14.2. The number of benzene rings is 2. The molecule has 2 aromatic carbocycles. The van der Waals surface area contributed by atoms with Crippen LogP contribution in [0.2, 0.25) is 0 Å². The number of rotatable bonds is 3. The van der Waals surface area contributed by atoms with E-state index in [-0.39, 0.29) is 4.90 Å². The number of nitrogens with zero attached hydrogens (tertiary/aromatic N) is 1. The molecule has 1 aliphatic carbocycles. The molecule has 2 aromatic rings. The average molecular weight is 379 g/mol. The van der Waals surface area contributed by atoms with Gasteiger partial charge in [-0.25, -0.2) is 4.83 Å². The van der Waals surface area contributed by atoms with Crippen molar-refractivity contribution < 1.29 is 8.42 Å². The van der Waals surface area contributed by atoms with Gasteiger partial charge in [0.05, 0.1) is 4.90 Å². The second-order valence-corrected chi connectivity index (χ2v) is 7.75. The molecule has 22 heavy (non-hydrogen) atoms. The van der Waals surface area contributed by atoms with Crippen LogP contribution < -0.4 is 4.83 Å². The second-order valence-electron chi connectivity index (χ2n) is 5.17. The Morgan fingerprint density at radius 1 is 0.955 bits per heavy atom. The highest BCUT2D eigenvalue weighted by Crippen LogP contribution is 2.19. The van der Waals surface area contributed by atoms with Crippen LogP contribution in [0.25, 0.3) is 0 Å². The minimum atomic E-state index is -3.61. The quantitative estimate of drug-likeness (QED) is 0.833. The molecule has 3 rings (SSSR count). The van der Waals surface area contributed by atoms with E-state index in [0.717, 1.165) is 23.0 Å². The molecule has 0 amide bonds. The van der Waals surface area contributed by atoms with Gasteiger partial charge in [-0.2, -0.15) is 13.5 Å². The van der Waals surface area contributed by atoms with E-state index in [2.05, 4.69) is 38.0 Å². The summed E-state index contributed by atoms with van der Waals surface area (Å²) < 4.78 is 25.2. The minimum absolute atomic E-state index is 0.205. The van der Waals surface area contributed by atoms with Crippen LogP contribution >= 0.6 is 15.9 Å². The minimum Gasteiger partial charge on any atom is -0.200 e. The van der Waals surface area contributed by atoms with Crippen molar-refractivity contribution in [2.75, 3.05) is 0 Å². The number of hydrogen-bond acceptors (Lipinski definition) is 3. The average Bonchev–Trinajstić information content (AvgIpc) is 2.53. The Morgan fingerprint density at radius 3 is 2.36 bits per heavy atom. The molecular formula is C16H15BrN2O2S. The number of fused-ring (bicyclic) bond motifs is 1. The van der Waals surface area contributed by atoms with Crippen molar-refractivity contribution >= 4 is 31.7 Å². The standard InChI is InChI=1S/C16H15BrN2O2S/c17-14-6-9-16(10-7-14)22(20,21)19-18-15-8-5-12-3-1-2-4-13(12)11-15/h1-4,6-7,9-10,19H,5,8,11H2/b18-15+. The molecule has 0 bridgehead atoms. The summed E-state index contributed by atoms with van der Waals surface area (Å²) in [4.78, 5) is 2.55. The molecule has 6 heteroatoms. The summed E-state index contributed by atoms with van der Waals surface area (Å²) in [5, 5.41) is 4.12. The molecule has 0 heterocycles. The van der Waals surface area contributed by atoms with E-state index in [0.29, 0.717) is 6.42 Å². The van der Waals surface area contributed by atoms with Crippen LogP contribution in [0.1, 0.15) is 17.5 Å². The molecule has 0 radical (unpaired) electrons. The van der Waals surface area contributed by atoms with Crippen LogP contribution in [0, 0.1) is 0 Å². The lowest BCUT2D eigenvalue weighted by Crippen LogP contribution is -2.23. The van der Waals surface area contributed by atoms with E-state index in [1.165, 1.54) is 11.1 Å². The maximum Gasteiger partial charge on any atom is 0.276 e. The Labute approximate surface area is 138 Å². The summed E-state index contributed by atoms with van der Waals surface area (Å²) >= 11 is 3.29. The summed E-state index contributed by atoms with van der Waals surface area (Å²) in [6.45, 7) is 0. The Bertz CT molecular complexity index is 814. The van der Waals surface area contributed by atoms with Gasteiger partial charge in [-0.3, -0.25) is 0 Å². The summed E-state index contributed by atoms with van der Waals surface area (Å²) in [5.41, 5.74) is 3.40. The Hall–Kier alpha value is -1.66. The van der Waals surface area contributed by atoms with Crippen molar-refractivity contribution in [1.29, 1.82) is 0 Å². The van der Waals surface area contributed by atoms with Crippen LogP contribution in [0.3, 0.4) is 0 Å². The zero-order valence-electron chi connectivity index (χ0n) is 11.8. The van der Waals surface area contributed by atoms with Crippen LogP contribution in [0.5, 0.6) is 0 Å². The predicted octanol–water partition coefficient (Wildman–Crippen LogP) is 3.27. The third-order valence-corrected chi connectivity index (χ3v) is 5.40. The van der Waals surface area contributed by atoms with Gasteiger partial charge in [0.15, 0.2) is 0 Å². The Kier molecular flexibility index (Phi) is 4.31. The fraction of sp³-hybridized carbons (Fsp3) is 0.188. The van der Waals surface area contributed by atoms with E-state index in [9.17, 15) is 8.42 Å². The van der Waals surface area contributed by atoms with E-state index < -0.39 is 10.0 Å². The molecule has 4 nitrogen and oxygen atoms in total. The number of aryl methyl sites for hydroxylation is 1. The van der Waals surface area contributed by atoms with Gasteiger partial charge >= 0.3 is 0 Å². The molecule has 0 atom stereocenters. The summed E-state index contributed by atoms with van der Waals surface area (Å²) in [6.07, 6.45) is 2.37. The second kappa shape index (κ2) is 6.22. The van der Waals surface area contributed by atoms with Crippen molar-refractivity contribution in [3.05, 3.63) is 64.1 Å². The van der Waals surface area contributed by atoms with E-state index >= 15 is 0 Å². The van der Waals surface area contributed by atoms with Crippen LogP contribution in [0.15, 0.2) is 63.0 Å². The van der Waals surface area contributed by atoms with E-state index in [1.807, 2.05) is 12.1 Å². The number of hydrogen-bond donors (Lipinski definition) is 1. The van der Waals surface area contributed by atoms with Crippen LogP contribution in [-0.4, -0.2) is 14.1 Å². The first kappa shape index (κ1) is 15.2.